The van der Waals surface area contributed by atoms with Gasteiger partial charge in [-0.05, 0) is 67.4 Å². The largest absolute Gasteiger partial charge is 0.354 e. The third-order valence-corrected chi connectivity index (χ3v) is 3.89. The van der Waals surface area contributed by atoms with Gasteiger partial charge in [-0.3, -0.25) is 4.79 Å². The predicted octanol–water partition coefficient (Wildman–Crippen LogP) is 4.83. The molecule has 0 bridgehead atoms. The second kappa shape index (κ2) is 7.13. The van der Waals surface area contributed by atoms with Crippen molar-refractivity contribution >= 4 is 23.1 Å². The zero-order valence-corrected chi connectivity index (χ0v) is 14.0. The molecule has 1 amide bonds. The highest BCUT2D eigenvalue weighted by Crippen LogP contribution is 2.20. The fraction of sp³-hybridized carbons (Fsp3) is 0.100. The molecule has 1 aromatic heterocycles. The lowest BCUT2D eigenvalue weighted by molar-refractivity contribution is 0.102. The van der Waals surface area contributed by atoms with Gasteiger partial charge in [0, 0.05) is 11.3 Å². The lowest BCUT2D eigenvalue weighted by atomic mass is 10.1. The minimum atomic E-state index is -0.450. The molecular weight excluding hydrogens is 317 g/mol. The molecule has 126 valence electrons. The Bertz CT molecular complexity index is 907. The molecule has 0 fully saturated rings. The highest BCUT2D eigenvalue weighted by atomic mass is 19.1. The van der Waals surface area contributed by atoms with Crippen LogP contribution in [-0.4, -0.2) is 10.9 Å². The van der Waals surface area contributed by atoms with Gasteiger partial charge in [-0.1, -0.05) is 12.1 Å². The molecule has 4 nitrogen and oxygen atoms in total. The Morgan fingerprint density at radius 1 is 0.960 bits per heavy atom. The number of aryl methyl sites for hydroxylation is 2. The van der Waals surface area contributed by atoms with Gasteiger partial charge < -0.3 is 10.6 Å². The summed E-state index contributed by atoms with van der Waals surface area (Å²) >= 11 is 0. The number of aromatic nitrogens is 1. The topological polar surface area (TPSA) is 54.0 Å². The molecular formula is C20H18FN3O. The Balaban J connectivity index is 1.67. The maximum atomic E-state index is 13.2. The number of hydrogen-bond acceptors (Lipinski definition) is 3. The number of pyridine rings is 1. The quantitative estimate of drug-likeness (QED) is 0.718. The minimum Gasteiger partial charge on any atom is -0.354 e. The number of halogens is 1. The van der Waals surface area contributed by atoms with Crippen molar-refractivity contribution in [2.45, 2.75) is 13.8 Å². The van der Waals surface area contributed by atoms with Gasteiger partial charge in [0.1, 0.15) is 11.6 Å². The van der Waals surface area contributed by atoms with Crippen molar-refractivity contribution in [1.82, 2.24) is 4.98 Å². The summed E-state index contributed by atoms with van der Waals surface area (Å²) < 4.78 is 13.2. The summed E-state index contributed by atoms with van der Waals surface area (Å²) in [5, 5.41) is 5.92. The monoisotopic (exact) mass is 335 g/mol. The van der Waals surface area contributed by atoms with Crippen LogP contribution in [0.2, 0.25) is 0 Å². The second-order valence-corrected chi connectivity index (χ2v) is 5.82. The zero-order chi connectivity index (χ0) is 17.8. The van der Waals surface area contributed by atoms with Crippen molar-refractivity contribution in [3.05, 3.63) is 83.3 Å². The van der Waals surface area contributed by atoms with E-state index in [9.17, 15) is 9.18 Å². The van der Waals surface area contributed by atoms with Crippen LogP contribution in [0.15, 0.2) is 60.8 Å². The number of hydrogen-bond donors (Lipinski definition) is 2. The van der Waals surface area contributed by atoms with Gasteiger partial charge >= 0.3 is 0 Å². The van der Waals surface area contributed by atoms with Crippen LogP contribution in [0.1, 0.15) is 21.5 Å². The van der Waals surface area contributed by atoms with E-state index in [1.54, 1.807) is 18.3 Å². The van der Waals surface area contributed by atoms with Crippen LogP contribution < -0.4 is 10.6 Å². The summed E-state index contributed by atoms with van der Waals surface area (Å²) in [5.41, 5.74) is 4.48. The number of anilines is 3. The van der Waals surface area contributed by atoms with E-state index in [1.165, 1.54) is 29.3 Å². The van der Waals surface area contributed by atoms with Crippen molar-refractivity contribution in [2.75, 3.05) is 10.6 Å². The number of carbonyl (C=O) groups is 1. The van der Waals surface area contributed by atoms with Crippen LogP contribution >= 0.6 is 0 Å². The Morgan fingerprint density at radius 3 is 2.44 bits per heavy atom. The summed E-state index contributed by atoms with van der Waals surface area (Å²) in [6.45, 7) is 4.13. The van der Waals surface area contributed by atoms with E-state index in [2.05, 4.69) is 41.6 Å². The summed E-state index contributed by atoms with van der Waals surface area (Å²) in [7, 11) is 0. The summed E-state index contributed by atoms with van der Waals surface area (Å²) in [6, 6.07) is 15.2. The van der Waals surface area contributed by atoms with Crippen molar-refractivity contribution < 1.29 is 9.18 Å². The maximum Gasteiger partial charge on any atom is 0.256 e. The summed E-state index contributed by atoms with van der Waals surface area (Å²) in [5.74, 6) is -0.449. The fourth-order valence-corrected chi connectivity index (χ4v) is 2.35. The van der Waals surface area contributed by atoms with Crippen molar-refractivity contribution in [3.8, 4) is 0 Å². The fourth-order valence-electron chi connectivity index (χ4n) is 2.35. The van der Waals surface area contributed by atoms with Gasteiger partial charge in [0.05, 0.1) is 11.9 Å². The SMILES string of the molecule is Cc1ccc(Nc2ccc(NC(=O)c3cccc(F)c3)nc2)cc1C. The first-order chi connectivity index (χ1) is 12.0. The first kappa shape index (κ1) is 16.6. The molecule has 2 aromatic carbocycles. The van der Waals surface area contributed by atoms with E-state index in [4.69, 9.17) is 0 Å². The summed E-state index contributed by atoms with van der Waals surface area (Å²) in [4.78, 5) is 16.3. The third kappa shape index (κ3) is 4.20. The molecule has 0 unspecified atom stereocenters. The van der Waals surface area contributed by atoms with Gasteiger partial charge in [0.15, 0.2) is 0 Å². The molecule has 1 heterocycles. The molecule has 0 radical (unpaired) electrons. The molecule has 25 heavy (non-hydrogen) atoms. The normalized spacial score (nSPS) is 10.4. The van der Waals surface area contributed by atoms with Crippen molar-refractivity contribution in [2.24, 2.45) is 0 Å². The highest BCUT2D eigenvalue weighted by molar-refractivity contribution is 6.03. The number of nitrogens with zero attached hydrogens (tertiary/aromatic N) is 1. The van der Waals surface area contributed by atoms with Crippen molar-refractivity contribution in [1.29, 1.82) is 0 Å². The van der Waals surface area contributed by atoms with E-state index in [-0.39, 0.29) is 5.56 Å². The number of carbonyl (C=O) groups excluding carboxylic acids is 1. The number of nitrogens with one attached hydrogen (secondary N) is 2. The average Bonchev–Trinajstić information content (AvgIpc) is 2.60. The number of benzene rings is 2. The maximum absolute atomic E-state index is 13.2. The molecule has 3 rings (SSSR count). The van der Waals surface area contributed by atoms with Crippen LogP contribution in [0.4, 0.5) is 21.6 Å². The van der Waals surface area contributed by atoms with Gasteiger partial charge in [0.2, 0.25) is 0 Å². The van der Waals surface area contributed by atoms with Crippen LogP contribution in [0.25, 0.3) is 0 Å². The second-order valence-electron chi connectivity index (χ2n) is 5.82. The smallest absolute Gasteiger partial charge is 0.256 e. The molecule has 0 spiro atoms. The summed E-state index contributed by atoms with van der Waals surface area (Å²) in [6.07, 6.45) is 1.64. The lowest BCUT2D eigenvalue weighted by Crippen LogP contribution is -2.13. The molecule has 0 aliphatic carbocycles. The molecule has 0 saturated heterocycles. The highest BCUT2D eigenvalue weighted by Gasteiger charge is 2.07. The molecule has 5 heteroatoms. The van der Waals surface area contributed by atoms with Gasteiger partial charge in [0.25, 0.3) is 5.91 Å². The van der Waals surface area contributed by atoms with E-state index < -0.39 is 11.7 Å². The molecule has 2 N–H and O–H groups in total. The van der Waals surface area contributed by atoms with Gasteiger partial charge in [-0.2, -0.15) is 0 Å². The molecule has 0 aliphatic heterocycles. The van der Waals surface area contributed by atoms with E-state index in [0.717, 1.165) is 11.4 Å². The van der Waals surface area contributed by atoms with Crippen molar-refractivity contribution in [3.63, 3.8) is 0 Å². The number of amides is 1. The van der Waals surface area contributed by atoms with Gasteiger partial charge in [-0.15, -0.1) is 0 Å². The Labute approximate surface area is 145 Å². The Hall–Kier alpha value is -3.21. The number of rotatable bonds is 4. The van der Waals surface area contributed by atoms with E-state index in [0.29, 0.717) is 5.82 Å². The Kier molecular flexibility index (Phi) is 4.75. The molecule has 3 aromatic rings. The third-order valence-electron chi connectivity index (χ3n) is 3.89. The average molecular weight is 335 g/mol. The molecule has 0 saturated carbocycles. The Morgan fingerprint density at radius 2 is 1.76 bits per heavy atom. The van der Waals surface area contributed by atoms with Crippen LogP contribution in [-0.2, 0) is 0 Å². The lowest BCUT2D eigenvalue weighted by Gasteiger charge is -2.09. The minimum absolute atomic E-state index is 0.249. The zero-order valence-electron chi connectivity index (χ0n) is 14.0. The van der Waals surface area contributed by atoms with Gasteiger partial charge in [-0.25, -0.2) is 9.37 Å². The van der Waals surface area contributed by atoms with Crippen LogP contribution in [0.5, 0.6) is 0 Å². The predicted molar refractivity (Wildman–Crippen MR) is 97.8 cm³/mol. The van der Waals surface area contributed by atoms with Crippen LogP contribution in [0.3, 0.4) is 0 Å². The first-order valence-corrected chi connectivity index (χ1v) is 7.88. The van der Waals surface area contributed by atoms with Crippen LogP contribution in [0, 0.1) is 19.7 Å². The standard InChI is InChI=1S/C20H18FN3O/c1-13-6-7-17(10-14(13)2)23-18-8-9-19(22-12-18)24-20(25)15-4-3-5-16(21)11-15/h3-12,23H,1-2H3,(H,22,24,25). The van der Waals surface area contributed by atoms with E-state index >= 15 is 0 Å². The molecule has 0 atom stereocenters. The molecule has 0 aliphatic rings. The van der Waals surface area contributed by atoms with E-state index in [1.807, 2.05) is 12.1 Å². The first-order valence-electron chi connectivity index (χ1n) is 7.88.